The number of amides is 1. The van der Waals surface area contributed by atoms with Crippen LogP contribution in [0.4, 0.5) is 0 Å². The van der Waals surface area contributed by atoms with E-state index < -0.39 is 5.92 Å². The molecular weight excluding hydrogens is 204 g/mol. The number of rotatable bonds is 6. The van der Waals surface area contributed by atoms with Crippen molar-refractivity contribution in [3.8, 4) is 6.07 Å². The number of nitrogens with zero attached hydrogens (tertiary/aromatic N) is 2. The van der Waals surface area contributed by atoms with Gasteiger partial charge in [-0.2, -0.15) is 5.26 Å². The molecule has 90 valence electrons. The molecule has 0 aromatic carbocycles. The molecule has 1 saturated carbocycles. The maximum Gasteiger partial charge on any atom is 0.240 e. The smallest absolute Gasteiger partial charge is 0.240 e. The number of carbonyl (C=O) groups is 1. The van der Waals surface area contributed by atoms with Gasteiger partial charge in [-0.05, 0) is 18.8 Å². The fraction of sp³-hybridized carbons (Fsp3) is 0.833. The Morgan fingerprint density at radius 3 is 2.56 bits per heavy atom. The van der Waals surface area contributed by atoms with Crippen LogP contribution in [-0.2, 0) is 9.53 Å². The van der Waals surface area contributed by atoms with E-state index in [1.54, 1.807) is 7.11 Å². The summed E-state index contributed by atoms with van der Waals surface area (Å²) in [6.45, 7) is 4.96. The first-order valence-electron chi connectivity index (χ1n) is 5.80. The maximum absolute atomic E-state index is 12.2. The number of hydrogen-bond donors (Lipinski definition) is 0. The van der Waals surface area contributed by atoms with Gasteiger partial charge in [-0.1, -0.05) is 13.8 Å². The Labute approximate surface area is 97.2 Å². The van der Waals surface area contributed by atoms with E-state index in [2.05, 4.69) is 6.07 Å². The predicted octanol–water partition coefficient (Wildman–Crippen LogP) is 1.42. The standard InChI is InChI=1S/C12H20N2O2/c1-9(2)11(8-13)12(15)14(6-7-16-3)10-4-5-10/h9-11H,4-7H2,1-3H3. The van der Waals surface area contributed by atoms with Gasteiger partial charge in [-0.25, -0.2) is 0 Å². The van der Waals surface area contributed by atoms with Crippen molar-refractivity contribution >= 4 is 5.91 Å². The molecule has 0 radical (unpaired) electrons. The molecule has 4 heteroatoms. The van der Waals surface area contributed by atoms with Crippen LogP contribution in [0.25, 0.3) is 0 Å². The molecule has 0 saturated heterocycles. The second kappa shape index (κ2) is 5.86. The zero-order chi connectivity index (χ0) is 12.1. The molecule has 1 fully saturated rings. The fourth-order valence-corrected chi connectivity index (χ4v) is 1.72. The Morgan fingerprint density at radius 2 is 2.19 bits per heavy atom. The van der Waals surface area contributed by atoms with Gasteiger partial charge in [-0.3, -0.25) is 4.79 Å². The molecule has 1 atom stereocenters. The maximum atomic E-state index is 12.2. The first kappa shape index (κ1) is 13.0. The van der Waals surface area contributed by atoms with E-state index in [1.165, 1.54) is 0 Å². The number of hydrogen-bond acceptors (Lipinski definition) is 3. The van der Waals surface area contributed by atoms with E-state index in [0.29, 0.717) is 19.2 Å². The second-order valence-corrected chi connectivity index (χ2v) is 4.61. The molecule has 0 spiro atoms. The summed E-state index contributed by atoms with van der Waals surface area (Å²) in [5.41, 5.74) is 0. The Hall–Kier alpha value is -1.08. The Bertz CT molecular complexity index is 279. The van der Waals surface area contributed by atoms with Gasteiger partial charge < -0.3 is 9.64 Å². The third-order valence-electron chi connectivity index (χ3n) is 2.88. The van der Waals surface area contributed by atoms with Crippen LogP contribution in [0.1, 0.15) is 26.7 Å². The van der Waals surface area contributed by atoms with Crippen molar-refractivity contribution in [1.29, 1.82) is 5.26 Å². The van der Waals surface area contributed by atoms with Gasteiger partial charge in [0.1, 0.15) is 5.92 Å². The Kier molecular flexibility index (Phi) is 4.75. The lowest BCUT2D eigenvalue weighted by atomic mass is 9.96. The highest BCUT2D eigenvalue weighted by Gasteiger charge is 2.36. The first-order valence-corrected chi connectivity index (χ1v) is 5.80. The van der Waals surface area contributed by atoms with Crippen molar-refractivity contribution in [3.63, 3.8) is 0 Å². The summed E-state index contributed by atoms with van der Waals surface area (Å²) < 4.78 is 5.00. The quantitative estimate of drug-likeness (QED) is 0.685. The van der Waals surface area contributed by atoms with E-state index in [0.717, 1.165) is 12.8 Å². The normalized spacial score (nSPS) is 16.9. The summed E-state index contributed by atoms with van der Waals surface area (Å²) in [5, 5.41) is 9.01. The second-order valence-electron chi connectivity index (χ2n) is 4.61. The molecule has 0 N–H and O–H groups in total. The summed E-state index contributed by atoms with van der Waals surface area (Å²) in [4.78, 5) is 14.0. The van der Waals surface area contributed by atoms with Crippen LogP contribution in [0.3, 0.4) is 0 Å². The molecule has 0 aromatic rings. The number of ether oxygens (including phenoxy) is 1. The molecule has 0 aromatic heterocycles. The molecule has 1 rings (SSSR count). The van der Waals surface area contributed by atoms with Crippen molar-refractivity contribution in [1.82, 2.24) is 4.90 Å². The summed E-state index contributed by atoms with van der Waals surface area (Å²) in [6, 6.07) is 2.45. The fourth-order valence-electron chi connectivity index (χ4n) is 1.72. The molecule has 4 nitrogen and oxygen atoms in total. The zero-order valence-corrected chi connectivity index (χ0v) is 10.3. The molecule has 0 heterocycles. The van der Waals surface area contributed by atoms with Gasteiger partial charge in [0, 0.05) is 19.7 Å². The van der Waals surface area contributed by atoms with Crippen molar-refractivity contribution in [2.24, 2.45) is 11.8 Å². The third-order valence-corrected chi connectivity index (χ3v) is 2.88. The highest BCUT2D eigenvalue weighted by atomic mass is 16.5. The minimum atomic E-state index is -0.516. The highest BCUT2D eigenvalue weighted by molar-refractivity contribution is 5.82. The van der Waals surface area contributed by atoms with E-state index in [9.17, 15) is 4.79 Å². The van der Waals surface area contributed by atoms with Crippen LogP contribution < -0.4 is 0 Å². The molecule has 1 unspecified atom stereocenters. The van der Waals surface area contributed by atoms with Crippen LogP contribution in [0.15, 0.2) is 0 Å². The topological polar surface area (TPSA) is 53.3 Å². The van der Waals surface area contributed by atoms with Crippen LogP contribution in [-0.4, -0.2) is 37.1 Å². The highest BCUT2D eigenvalue weighted by Crippen LogP contribution is 2.29. The molecule has 1 amide bonds. The molecule has 0 bridgehead atoms. The Morgan fingerprint density at radius 1 is 1.56 bits per heavy atom. The number of methoxy groups -OCH3 is 1. The number of nitriles is 1. The van der Waals surface area contributed by atoms with E-state index in [1.807, 2.05) is 18.7 Å². The van der Waals surface area contributed by atoms with Crippen molar-refractivity contribution < 1.29 is 9.53 Å². The van der Waals surface area contributed by atoms with Gasteiger partial charge in [0.05, 0.1) is 12.7 Å². The van der Waals surface area contributed by atoms with E-state index in [4.69, 9.17) is 10.00 Å². The van der Waals surface area contributed by atoms with Crippen LogP contribution in [0.2, 0.25) is 0 Å². The summed E-state index contributed by atoms with van der Waals surface area (Å²) in [6.07, 6.45) is 2.12. The van der Waals surface area contributed by atoms with Crippen molar-refractivity contribution in [2.45, 2.75) is 32.7 Å². The van der Waals surface area contributed by atoms with Crippen molar-refractivity contribution in [3.05, 3.63) is 0 Å². The average Bonchev–Trinajstić information content (AvgIpc) is 3.03. The number of carbonyl (C=O) groups excluding carboxylic acids is 1. The van der Waals surface area contributed by atoms with E-state index >= 15 is 0 Å². The lowest BCUT2D eigenvalue weighted by Crippen LogP contribution is -2.41. The molecule has 1 aliphatic carbocycles. The third kappa shape index (κ3) is 3.21. The summed E-state index contributed by atoms with van der Waals surface area (Å²) in [7, 11) is 1.62. The van der Waals surface area contributed by atoms with Crippen LogP contribution in [0, 0.1) is 23.2 Å². The van der Waals surface area contributed by atoms with Crippen LogP contribution >= 0.6 is 0 Å². The zero-order valence-electron chi connectivity index (χ0n) is 10.3. The van der Waals surface area contributed by atoms with E-state index in [-0.39, 0.29) is 11.8 Å². The average molecular weight is 224 g/mol. The minimum absolute atomic E-state index is 0.0305. The monoisotopic (exact) mass is 224 g/mol. The Balaban J connectivity index is 2.62. The SMILES string of the molecule is COCCN(C(=O)C(C#N)C(C)C)C1CC1. The summed E-state index contributed by atoms with van der Waals surface area (Å²) in [5.74, 6) is -0.476. The van der Waals surface area contributed by atoms with Crippen molar-refractivity contribution in [2.75, 3.05) is 20.3 Å². The van der Waals surface area contributed by atoms with Gasteiger partial charge in [-0.15, -0.1) is 0 Å². The van der Waals surface area contributed by atoms with Gasteiger partial charge in [0.2, 0.25) is 5.91 Å². The largest absolute Gasteiger partial charge is 0.383 e. The molecule has 16 heavy (non-hydrogen) atoms. The molecule has 0 aliphatic heterocycles. The van der Waals surface area contributed by atoms with Gasteiger partial charge in [0.15, 0.2) is 0 Å². The lowest BCUT2D eigenvalue weighted by Gasteiger charge is -2.25. The first-order chi connectivity index (χ1) is 7.61. The van der Waals surface area contributed by atoms with Gasteiger partial charge >= 0.3 is 0 Å². The molecular formula is C12H20N2O2. The minimum Gasteiger partial charge on any atom is -0.383 e. The lowest BCUT2D eigenvalue weighted by molar-refractivity contribution is -0.136. The molecule has 1 aliphatic rings. The van der Waals surface area contributed by atoms with Gasteiger partial charge in [0.25, 0.3) is 0 Å². The predicted molar refractivity (Wildman–Crippen MR) is 60.6 cm³/mol. The summed E-state index contributed by atoms with van der Waals surface area (Å²) >= 11 is 0. The van der Waals surface area contributed by atoms with Crippen LogP contribution in [0.5, 0.6) is 0 Å².